The van der Waals surface area contributed by atoms with Gasteiger partial charge in [0.15, 0.2) is 0 Å². The van der Waals surface area contributed by atoms with Crippen LogP contribution in [0, 0.1) is 0 Å². The van der Waals surface area contributed by atoms with Crippen LogP contribution < -0.4 is 5.32 Å². The van der Waals surface area contributed by atoms with Gasteiger partial charge in [-0.15, -0.1) is 0 Å². The van der Waals surface area contributed by atoms with Gasteiger partial charge in [0.2, 0.25) is 0 Å². The number of rotatable bonds is 4. The van der Waals surface area contributed by atoms with E-state index >= 15 is 0 Å². The Morgan fingerprint density at radius 2 is 1.81 bits per heavy atom. The standard InChI is InChI=1S/C16H18Br2N2O/c1-4-20-10-13(18)9-14(20)15(21)19-16(2,3)11-5-7-12(17)8-6-11/h5-10H,4H2,1-3H3,(H,19,21). The molecule has 0 aliphatic rings. The first-order valence-electron chi connectivity index (χ1n) is 6.77. The molecule has 1 N–H and O–H groups in total. The number of carbonyl (C=O) groups excluding carboxylic acids is 1. The number of hydrogen-bond donors (Lipinski definition) is 1. The summed E-state index contributed by atoms with van der Waals surface area (Å²) in [6, 6.07) is 9.83. The van der Waals surface area contributed by atoms with Gasteiger partial charge in [0.25, 0.3) is 5.91 Å². The first-order chi connectivity index (χ1) is 9.83. The highest BCUT2D eigenvalue weighted by atomic mass is 79.9. The van der Waals surface area contributed by atoms with Gasteiger partial charge in [-0.25, -0.2) is 0 Å². The predicted molar refractivity (Wildman–Crippen MR) is 92.4 cm³/mol. The molecule has 0 spiro atoms. The van der Waals surface area contributed by atoms with Crippen molar-refractivity contribution in [2.45, 2.75) is 32.9 Å². The van der Waals surface area contributed by atoms with Crippen LogP contribution in [-0.4, -0.2) is 10.5 Å². The van der Waals surface area contributed by atoms with E-state index in [4.69, 9.17) is 0 Å². The molecule has 0 bridgehead atoms. The van der Waals surface area contributed by atoms with Crippen molar-refractivity contribution < 1.29 is 4.79 Å². The maximum absolute atomic E-state index is 12.5. The summed E-state index contributed by atoms with van der Waals surface area (Å²) in [4.78, 5) is 12.5. The van der Waals surface area contributed by atoms with Crippen molar-refractivity contribution >= 4 is 37.8 Å². The van der Waals surface area contributed by atoms with Crippen molar-refractivity contribution in [2.75, 3.05) is 0 Å². The lowest BCUT2D eigenvalue weighted by Crippen LogP contribution is -2.41. The molecule has 0 radical (unpaired) electrons. The second-order valence-electron chi connectivity index (χ2n) is 5.42. The fraction of sp³-hybridized carbons (Fsp3) is 0.312. The average molecular weight is 414 g/mol. The number of hydrogen-bond acceptors (Lipinski definition) is 1. The number of nitrogens with one attached hydrogen (secondary N) is 1. The van der Waals surface area contributed by atoms with Crippen LogP contribution in [0.3, 0.4) is 0 Å². The molecule has 0 aliphatic carbocycles. The minimum atomic E-state index is -0.437. The minimum absolute atomic E-state index is 0.0736. The van der Waals surface area contributed by atoms with E-state index in [0.29, 0.717) is 5.69 Å². The van der Waals surface area contributed by atoms with Crippen LogP contribution in [0.25, 0.3) is 0 Å². The van der Waals surface area contributed by atoms with Gasteiger partial charge in [-0.2, -0.15) is 0 Å². The summed E-state index contributed by atoms with van der Waals surface area (Å²) >= 11 is 6.84. The van der Waals surface area contributed by atoms with Crippen molar-refractivity contribution in [3.05, 3.63) is 56.7 Å². The summed E-state index contributed by atoms with van der Waals surface area (Å²) in [5.41, 5.74) is 1.29. The molecule has 0 saturated carbocycles. The van der Waals surface area contributed by atoms with Gasteiger partial charge in [0.05, 0.1) is 5.54 Å². The van der Waals surface area contributed by atoms with E-state index < -0.39 is 5.54 Å². The maximum Gasteiger partial charge on any atom is 0.268 e. The molecule has 1 heterocycles. The van der Waals surface area contributed by atoms with Crippen LogP contribution in [0.5, 0.6) is 0 Å². The Hall–Kier alpha value is -1.07. The van der Waals surface area contributed by atoms with Crippen LogP contribution in [0.2, 0.25) is 0 Å². The smallest absolute Gasteiger partial charge is 0.268 e. The summed E-state index contributed by atoms with van der Waals surface area (Å²) in [5, 5.41) is 3.10. The zero-order valence-corrected chi connectivity index (χ0v) is 15.5. The molecule has 2 rings (SSSR count). The van der Waals surface area contributed by atoms with E-state index in [1.165, 1.54) is 0 Å². The molecular formula is C16H18Br2N2O. The normalized spacial score (nSPS) is 11.5. The number of nitrogens with zero attached hydrogens (tertiary/aromatic N) is 1. The zero-order chi connectivity index (χ0) is 15.6. The lowest BCUT2D eigenvalue weighted by Gasteiger charge is -2.27. The van der Waals surface area contributed by atoms with Crippen LogP contribution in [0.4, 0.5) is 0 Å². The van der Waals surface area contributed by atoms with E-state index in [1.54, 1.807) is 0 Å². The number of carbonyl (C=O) groups is 1. The van der Waals surface area contributed by atoms with Gasteiger partial charge >= 0.3 is 0 Å². The van der Waals surface area contributed by atoms with Gasteiger partial charge in [0.1, 0.15) is 5.69 Å². The summed E-state index contributed by atoms with van der Waals surface area (Å²) < 4.78 is 3.87. The Bertz CT molecular complexity index is 645. The maximum atomic E-state index is 12.5. The van der Waals surface area contributed by atoms with Crippen LogP contribution in [-0.2, 0) is 12.1 Å². The molecule has 3 nitrogen and oxygen atoms in total. The monoisotopic (exact) mass is 412 g/mol. The van der Waals surface area contributed by atoms with E-state index in [2.05, 4.69) is 37.2 Å². The first-order valence-corrected chi connectivity index (χ1v) is 8.36. The number of aromatic nitrogens is 1. The fourth-order valence-electron chi connectivity index (χ4n) is 2.21. The van der Waals surface area contributed by atoms with Crippen molar-refractivity contribution in [3.8, 4) is 0 Å². The molecule has 1 aromatic carbocycles. The Morgan fingerprint density at radius 3 is 2.38 bits per heavy atom. The van der Waals surface area contributed by atoms with E-state index in [1.807, 2.05) is 61.9 Å². The third-order valence-electron chi connectivity index (χ3n) is 3.43. The van der Waals surface area contributed by atoms with Crippen molar-refractivity contribution in [1.82, 2.24) is 9.88 Å². The molecule has 2 aromatic rings. The summed E-state index contributed by atoms with van der Waals surface area (Å²) in [5.74, 6) is -0.0736. The SMILES string of the molecule is CCn1cc(Br)cc1C(=O)NC(C)(C)c1ccc(Br)cc1. The van der Waals surface area contributed by atoms with E-state index in [-0.39, 0.29) is 5.91 Å². The second-order valence-corrected chi connectivity index (χ2v) is 7.25. The Morgan fingerprint density at radius 1 is 1.19 bits per heavy atom. The Labute approximate surface area is 142 Å². The zero-order valence-electron chi connectivity index (χ0n) is 12.3. The van der Waals surface area contributed by atoms with Gasteiger partial charge in [-0.05, 0) is 60.5 Å². The van der Waals surface area contributed by atoms with Gasteiger partial charge in [-0.1, -0.05) is 28.1 Å². The van der Waals surface area contributed by atoms with E-state index in [9.17, 15) is 4.79 Å². The average Bonchev–Trinajstić information content (AvgIpc) is 2.80. The van der Waals surface area contributed by atoms with Gasteiger partial charge in [-0.3, -0.25) is 4.79 Å². The highest BCUT2D eigenvalue weighted by molar-refractivity contribution is 9.10. The topological polar surface area (TPSA) is 34.0 Å². The number of amides is 1. The third kappa shape index (κ3) is 3.77. The molecule has 21 heavy (non-hydrogen) atoms. The Kier molecular flexibility index (Phi) is 4.94. The molecule has 1 amide bonds. The van der Waals surface area contributed by atoms with Crippen molar-refractivity contribution in [1.29, 1.82) is 0 Å². The molecule has 0 atom stereocenters. The van der Waals surface area contributed by atoms with Crippen LogP contribution >= 0.6 is 31.9 Å². The lowest BCUT2D eigenvalue weighted by atomic mass is 9.94. The van der Waals surface area contributed by atoms with Gasteiger partial charge < -0.3 is 9.88 Å². The summed E-state index contributed by atoms with van der Waals surface area (Å²) in [6.45, 7) is 6.78. The fourth-order valence-corrected chi connectivity index (χ4v) is 2.94. The van der Waals surface area contributed by atoms with Crippen molar-refractivity contribution in [3.63, 3.8) is 0 Å². The number of aryl methyl sites for hydroxylation is 1. The molecule has 112 valence electrons. The summed E-state index contributed by atoms with van der Waals surface area (Å²) in [7, 11) is 0. The molecule has 0 aliphatic heterocycles. The molecule has 1 aromatic heterocycles. The highest BCUT2D eigenvalue weighted by Gasteiger charge is 2.24. The van der Waals surface area contributed by atoms with Crippen LogP contribution in [0.15, 0.2) is 45.5 Å². The molecule has 0 unspecified atom stereocenters. The van der Waals surface area contributed by atoms with Crippen molar-refractivity contribution in [2.24, 2.45) is 0 Å². The largest absolute Gasteiger partial charge is 0.343 e. The summed E-state index contributed by atoms with van der Waals surface area (Å²) in [6.07, 6.45) is 1.92. The quantitative estimate of drug-likeness (QED) is 0.774. The molecule has 0 fully saturated rings. The first kappa shape index (κ1) is 16.3. The molecule has 5 heteroatoms. The third-order valence-corrected chi connectivity index (χ3v) is 4.39. The molecular weight excluding hydrogens is 396 g/mol. The van der Waals surface area contributed by atoms with E-state index in [0.717, 1.165) is 21.1 Å². The minimum Gasteiger partial charge on any atom is -0.343 e. The van der Waals surface area contributed by atoms with Gasteiger partial charge in [0, 0.05) is 21.7 Å². The highest BCUT2D eigenvalue weighted by Crippen LogP contribution is 2.23. The molecule has 0 saturated heterocycles. The lowest BCUT2D eigenvalue weighted by molar-refractivity contribution is 0.0902. The number of halogens is 2. The second kappa shape index (κ2) is 6.36. The predicted octanol–water partition coefficient (Wildman–Crippen LogP) is 4.70. The van der Waals surface area contributed by atoms with Crippen LogP contribution in [0.1, 0.15) is 36.8 Å². The number of benzene rings is 1. The Balaban J connectivity index is 2.23.